The lowest BCUT2D eigenvalue weighted by molar-refractivity contribution is -0.133. The largest absolute Gasteiger partial charge is 0.326 e. The van der Waals surface area contributed by atoms with Crippen molar-refractivity contribution in [3.05, 3.63) is 42.5 Å². The number of fused-ring (bicyclic) bond motifs is 1. The summed E-state index contributed by atoms with van der Waals surface area (Å²) in [5.74, 6) is 0.0455. The normalized spacial score (nSPS) is 25.9. The van der Waals surface area contributed by atoms with Gasteiger partial charge in [0, 0.05) is 26.2 Å². The molecule has 2 aromatic rings. The Labute approximate surface area is 181 Å². The Morgan fingerprint density at radius 3 is 2.35 bits per heavy atom. The third kappa shape index (κ3) is 3.50. The first-order valence-electron chi connectivity index (χ1n) is 10.6. The molecule has 31 heavy (non-hydrogen) atoms. The van der Waals surface area contributed by atoms with Crippen molar-refractivity contribution in [1.29, 1.82) is 0 Å². The second-order valence-electron chi connectivity index (χ2n) is 8.81. The molecule has 0 spiro atoms. The lowest BCUT2D eigenvalue weighted by Crippen LogP contribution is -2.53. The molecule has 2 aliphatic heterocycles. The molecule has 5 rings (SSSR count). The summed E-state index contributed by atoms with van der Waals surface area (Å²) in [6.07, 6.45) is 1.92. The van der Waals surface area contributed by atoms with Gasteiger partial charge >= 0.3 is 6.03 Å². The van der Waals surface area contributed by atoms with Crippen LogP contribution >= 0.6 is 0 Å². The highest BCUT2D eigenvalue weighted by molar-refractivity contribution is 7.89. The summed E-state index contributed by atoms with van der Waals surface area (Å²) < 4.78 is 27.7. The van der Waals surface area contributed by atoms with Crippen molar-refractivity contribution in [1.82, 2.24) is 19.4 Å². The van der Waals surface area contributed by atoms with E-state index in [-0.39, 0.29) is 29.4 Å². The third-order valence-corrected chi connectivity index (χ3v) is 8.62. The van der Waals surface area contributed by atoms with Crippen LogP contribution in [0.25, 0.3) is 10.8 Å². The fraction of sp³-hybridized carbons (Fsp3) is 0.455. The second kappa shape index (κ2) is 7.29. The van der Waals surface area contributed by atoms with Crippen molar-refractivity contribution >= 4 is 32.7 Å². The molecule has 3 amide bonds. The summed E-state index contributed by atoms with van der Waals surface area (Å²) in [6, 6.07) is 12.5. The first kappa shape index (κ1) is 20.4. The van der Waals surface area contributed by atoms with E-state index in [0.717, 1.165) is 23.6 Å². The van der Waals surface area contributed by atoms with E-state index in [1.54, 1.807) is 19.1 Å². The fourth-order valence-electron chi connectivity index (χ4n) is 4.57. The Balaban J connectivity index is 1.24. The Morgan fingerprint density at radius 2 is 1.68 bits per heavy atom. The first-order valence-corrected chi connectivity index (χ1v) is 12.1. The first-order chi connectivity index (χ1) is 14.8. The molecular weight excluding hydrogens is 416 g/mol. The quantitative estimate of drug-likeness (QED) is 0.714. The van der Waals surface area contributed by atoms with Gasteiger partial charge in [-0.15, -0.1) is 0 Å². The predicted molar refractivity (Wildman–Crippen MR) is 116 cm³/mol. The number of urea groups is 1. The highest BCUT2D eigenvalue weighted by atomic mass is 32.2. The van der Waals surface area contributed by atoms with Gasteiger partial charge in [-0.25, -0.2) is 18.1 Å². The SMILES string of the molecule is C[C@]1(C2CC2)NC(=O)N(CN2CCN(S(=O)(=O)c3ccc4ccccc4c3)CC2)C1=O. The van der Waals surface area contributed by atoms with Crippen molar-refractivity contribution in [3.8, 4) is 0 Å². The van der Waals surface area contributed by atoms with E-state index in [9.17, 15) is 18.0 Å². The van der Waals surface area contributed by atoms with Gasteiger partial charge in [-0.05, 0) is 48.6 Å². The maximum absolute atomic E-state index is 13.1. The van der Waals surface area contributed by atoms with Gasteiger partial charge in [0.15, 0.2) is 0 Å². The van der Waals surface area contributed by atoms with E-state index in [1.807, 2.05) is 35.2 Å². The number of amides is 3. The summed E-state index contributed by atoms with van der Waals surface area (Å²) in [6.45, 7) is 3.56. The molecule has 2 aromatic carbocycles. The van der Waals surface area contributed by atoms with E-state index in [4.69, 9.17) is 0 Å². The lowest BCUT2D eigenvalue weighted by Gasteiger charge is -2.35. The van der Waals surface area contributed by atoms with Crippen molar-refractivity contribution in [2.75, 3.05) is 32.8 Å². The third-order valence-electron chi connectivity index (χ3n) is 6.73. The number of piperazine rings is 1. The van der Waals surface area contributed by atoms with Crippen LogP contribution in [0.15, 0.2) is 47.4 Å². The van der Waals surface area contributed by atoms with Crippen LogP contribution in [-0.4, -0.2) is 72.8 Å². The number of benzene rings is 2. The Bertz CT molecular complexity index is 1160. The minimum absolute atomic E-state index is 0.175. The molecule has 1 aliphatic carbocycles. The number of hydrogen-bond acceptors (Lipinski definition) is 5. The number of rotatable bonds is 5. The number of carbonyl (C=O) groups is 2. The average Bonchev–Trinajstić information content (AvgIpc) is 3.60. The van der Waals surface area contributed by atoms with Gasteiger partial charge in [0.2, 0.25) is 10.0 Å². The summed E-state index contributed by atoms with van der Waals surface area (Å²) in [4.78, 5) is 28.7. The zero-order valence-corrected chi connectivity index (χ0v) is 18.3. The fourth-order valence-corrected chi connectivity index (χ4v) is 6.03. The smallest absolute Gasteiger partial charge is 0.323 e. The highest BCUT2D eigenvalue weighted by Crippen LogP contribution is 2.42. The molecule has 9 heteroatoms. The molecule has 1 saturated carbocycles. The van der Waals surface area contributed by atoms with Crippen LogP contribution in [0, 0.1) is 5.92 Å². The van der Waals surface area contributed by atoms with Crippen LogP contribution in [0.2, 0.25) is 0 Å². The molecule has 3 aliphatic rings. The predicted octanol–water partition coefficient (Wildman–Crippen LogP) is 1.82. The maximum atomic E-state index is 13.1. The van der Waals surface area contributed by atoms with Gasteiger partial charge in [0.05, 0.1) is 11.6 Å². The number of carbonyl (C=O) groups excluding carboxylic acids is 2. The minimum atomic E-state index is -3.60. The van der Waals surface area contributed by atoms with Gasteiger partial charge in [-0.1, -0.05) is 30.3 Å². The molecule has 1 N–H and O–H groups in total. The van der Waals surface area contributed by atoms with Crippen molar-refractivity contribution in [2.24, 2.45) is 5.92 Å². The van der Waals surface area contributed by atoms with Gasteiger partial charge in [-0.2, -0.15) is 4.31 Å². The van der Waals surface area contributed by atoms with E-state index < -0.39 is 15.6 Å². The molecule has 0 bridgehead atoms. The van der Waals surface area contributed by atoms with Crippen LogP contribution in [-0.2, 0) is 14.8 Å². The van der Waals surface area contributed by atoms with Crippen LogP contribution in [0.5, 0.6) is 0 Å². The number of nitrogens with zero attached hydrogens (tertiary/aromatic N) is 3. The van der Waals surface area contributed by atoms with E-state index >= 15 is 0 Å². The molecule has 0 aromatic heterocycles. The number of hydrogen-bond donors (Lipinski definition) is 1. The van der Waals surface area contributed by atoms with Gasteiger partial charge in [0.1, 0.15) is 5.54 Å². The van der Waals surface area contributed by atoms with E-state index in [0.29, 0.717) is 26.2 Å². The zero-order valence-electron chi connectivity index (χ0n) is 17.5. The van der Waals surface area contributed by atoms with Crippen LogP contribution in [0.3, 0.4) is 0 Å². The van der Waals surface area contributed by atoms with Crippen molar-refractivity contribution < 1.29 is 18.0 Å². The minimum Gasteiger partial charge on any atom is -0.323 e. The average molecular weight is 443 g/mol. The Kier molecular flexibility index (Phi) is 4.80. The lowest BCUT2D eigenvalue weighted by atomic mass is 9.96. The summed E-state index contributed by atoms with van der Waals surface area (Å²) in [5, 5.41) is 4.74. The molecule has 0 unspecified atom stereocenters. The molecule has 0 radical (unpaired) electrons. The summed E-state index contributed by atoms with van der Waals surface area (Å²) >= 11 is 0. The van der Waals surface area contributed by atoms with Crippen LogP contribution < -0.4 is 5.32 Å². The molecule has 164 valence electrons. The van der Waals surface area contributed by atoms with Crippen LogP contribution in [0.1, 0.15) is 19.8 Å². The van der Waals surface area contributed by atoms with Gasteiger partial charge in [-0.3, -0.25) is 9.69 Å². The summed E-state index contributed by atoms with van der Waals surface area (Å²) in [7, 11) is -3.60. The van der Waals surface area contributed by atoms with Gasteiger partial charge < -0.3 is 5.32 Å². The van der Waals surface area contributed by atoms with Crippen LogP contribution in [0.4, 0.5) is 4.79 Å². The van der Waals surface area contributed by atoms with Gasteiger partial charge in [0.25, 0.3) is 5.91 Å². The summed E-state index contributed by atoms with van der Waals surface area (Å²) in [5.41, 5.74) is -0.793. The standard InChI is InChI=1S/C22H26N4O4S/c1-22(18-7-8-18)20(27)26(21(28)23-22)15-24-10-12-25(13-11-24)31(29,30)19-9-6-16-4-2-3-5-17(16)14-19/h2-6,9,14,18H,7-8,10-13,15H2,1H3,(H,23,28)/t22-/m1/s1. The van der Waals surface area contributed by atoms with Crippen molar-refractivity contribution in [3.63, 3.8) is 0 Å². The number of imide groups is 1. The number of nitrogens with one attached hydrogen (secondary N) is 1. The Hall–Kier alpha value is -2.49. The maximum Gasteiger partial charge on any atom is 0.326 e. The van der Waals surface area contributed by atoms with E-state index in [1.165, 1.54) is 9.21 Å². The Morgan fingerprint density at radius 1 is 1.00 bits per heavy atom. The van der Waals surface area contributed by atoms with Crippen molar-refractivity contribution in [2.45, 2.75) is 30.2 Å². The molecule has 2 heterocycles. The molecular formula is C22H26N4O4S. The van der Waals surface area contributed by atoms with E-state index in [2.05, 4.69) is 5.32 Å². The molecule has 3 fully saturated rings. The number of sulfonamides is 1. The topological polar surface area (TPSA) is 90.0 Å². The zero-order chi connectivity index (χ0) is 21.8. The highest BCUT2D eigenvalue weighted by Gasteiger charge is 2.56. The molecule has 8 nitrogen and oxygen atoms in total. The molecule has 2 saturated heterocycles. The monoisotopic (exact) mass is 442 g/mol. The molecule has 1 atom stereocenters. The second-order valence-corrected chi connectivity index (χ2v) is 10.8.